The number of nitrogens with zero attached hydrogens (tertiary/aromatic N) is 2. The standard InChI is InChI=1S/C12H20ClN3O2/c1-9(2)16(3-5-18-6-4-17)12-8-10(14)7-11(13)15-12/h7-9,17H,3-6H2,1-2H3,(H2,14,15). The van der Waals surface area contributed by atoms with Gasteiger partial charge >= 0.3 is 0 Å². The van der Waals surface area contributed by atoms with Crippen molar-refractivity contribution in [2.24, 2.45) is 0 Å². The van der Waals surface area contributed by atoms with Crippen LogP contribution in [0.15, 0.2) is 12.1 Å². The van der Waals surface area contributed by atoms with Crippen molar-refractivity contribution in [3.8, 4) is 0 Å². The third-order valence-corrected chi connectivity index (χ3v) is 2.63. The van der Waals surface area contributed by atoms with Gasteiger partial charge < -0.3 is 20.5 Å². The minimum Gasteiger partial charge on any atom is -0.399 e. The monoisotopic (exact) mass is 273 g/mol. The molecule has 6 heteroatoms. The van der Waals surface area contributed by atoms with E-state index < -0.39 is 0 Å². The predicted octanol–water partition coefficient (Wildman–Crippen LogP) is 1.54. The number of aliphatic hydroxyl groups is 1. The van der Waals surface area contributed by atoms with Gasteiger partial charge in [0.1, 0.15) is 11.0 Å². The Morgan fingerprint density at radius 2 is 2.17 bits per heavy atom. The lowest BCUT2D eigenvalue weighted by Gasteiger charge is -2.28. The van der Waals surface area contributed by atoms with Crippen LogP contribution < -0.4 is 10.6 Å². The van der Waals surface area contributed by atoms with Crippen LogP contribution in [0.2, 0.25) is 5.15 Å². The molecule has 102 valence electrons. The number of nitrogens with two attached hydrogens (primary N) is 1. The number of anilines is 2. The minimum atomic E-state index is 0.0318. The van der Waals surface area contributed by atoms with Crippen LogP contribution in [0.4, 0.5) is 11.5 Å². The normalized spacial score (nSPS) is 10.9. The third-order valence-electron chi connectivity index (χ3n) is 2.43. The molecule has 0 aliphatic carbocycles. The molecule has 0 aliphatic heterocycles. The van der Waals surface area contributed by atoms with Gasteiger partial charge in [-0.05, 0) is 19.9 Å². The summed E-state index contributed by atoms with van der Waals surface area (Å²) in [7, 11) is 0. The molecular formula is C12H20ClN3O2. The number of nitrogen functional groups attached to an aromatic ring is 1. The average Bonchev–Trinajstić information content (AvgIpc) is 2.27. The van der Waals surface area contributed by atoms with Gasteiger partial charge in [0, 0.05) is 24.3 Å². The Morgan fingerprint density at radius 3 is 2.72 bits per heavy atom. The second-order valence-corrected chi connectivity index (χ2v) is 4.59. The fourth-order valence-corrected chi connectivity index (χ4v) is 1.83. The van der Waals surface area contributed by atoms with Gasteiger partial charge in [0.2, 0.25) is 0 Å². The summed E-state index contributed by atoms with van der Waals surface area (Å²) in [6.07, 6.45) is 0. The fourth-order valence-electron chi connectivity index (χ4n) is 1.62. The number of ether oxygens (including phenoxy) is 1. The van der Waals surface area contributed by atoms with Gasteiger partial charge in [0.15, 0.2) is 0 Å². The fraction of sp³-hybridized carbons (Fsp3) is 0.583. The van der Waals surface area contributed by atoms with E-state index in [0.29, 0.717) is 30.6 Å². The Balaban J connectivity index is 2.71. The molecule has 0 fully saturated rings. The van der Waals surface area contributed by atoms with Crippen LogP contribution in [0.25, 0.3) is 0 Å². The zero-order valence-corrected chi connectivity index (χ0v) is 11.5. The smallest absolute Gasteiger partial charge is 0.133 e. The third kappa shape index (κ3) is 4.68. The Bertz CT molecular complexity index is 354. The summed E-state index contributed by atoms with van der Waals surface area (Å²) in [4.78, 5) is 6.32. The maximum atomic E-state index is 8.65. The van der Waals surface area contributed by atoms with Crippen molar-refractivity contribution in [2.75, 3.05) is 37.0 Å². The first-order chi connectivity index (χ1) is 8.54. The van der Waals surface area contributed by atoms with E-state index >= 15 is 0 Å². The molecule has 1 aromatic heterocycles. The molecule has 18 heavy (non-hydrogen) atoms. The summed E-state index contributed by atoms with van der Waals surface area (Å²) in [5.74, 6) is 0.739. The molecule has 5 nitrogen and oxygen atoms in total. The van der Waals surface area contributed by atoms with Crippen molar-refractivity contribution in [3.05, 3.63) is 17.3 Å². The minimum absolute atomic E-state index is 0.0318. The first kappa shape index (κ1) is 15.0. The predicted molar refractivity (Wildman–Crippen MR) is 74.0 cm³/mol. The number of aliphatic hydroxyl groups excluding tert-OH is 1. The number of hydrogen-bond donors (Lipinski definition) is 2. The molecule has 0 atom stereocenters. The van der Waals surface area contributed by atoms with Crippen molar-refractivity contribution >= 4 is 23.1 Å². The SMILES string of the molecule is CC(C)N(CCOCCO)c1cc(N)cc(Cl)n1. The van der Waals surface area contributed by atoms with E-state index in [-0.39, 0.29) is 12.6 Å². The molecule has 0 spiro atoms. The molecule has 0 amide bonds. The highest BCUT2D eigenvalue weighted by molar-refractivity contribution is 6.29. The van der Waals surface area contributed by atoms with Gasteiger partial charge in [-0.1, -0.05) is 11.6 Å². The number of hydrogen-bond acceptors (Lipinski definition) is 5. The van der Waals surface area contributed by atoms with Crippen LogP contribution in [0, 0.1) is 0 Å². The van der Waals surface area contributed by atoms with Gasteiger partial charge in [0.05, 0.1) is 19.8 Å². The van der Waals surface area contributed by atoms with Crippen molar-refractivity contribution in [1.29, 1.82) is 0 Å². The lowest BCUT2D eigenvalue weighted by atomic mass is 10.3. The van der Waals surface area contributed by atoms with E-state index in [1.165, 1.54) is 0 Å². The van der Waals surface area contributed by atoms with Crippen LogP contribution in [0.1, 0.15) is 13.8 Å². The zero-order chi connectivity index (χ0) is 13.5. The highest BCUT2D eigenvalue weighted by Gasteiger charge is 2.13. The summed E-state index contributed by atoms with van der Waals surface area (Å²) in [5.41, 5.74) is 6.35. The van der Waals surface area contributed by atoms with Crippen molar-refractivity contribution in [2.45, 2.75) is 19.9 Å². The maximum Gasteiger partial charge on any atom is 0.133 e. The average molecular weight is 274 g/mol. The van der Waals surface area contributed by atoms with Gasteiger partial charge in [-0.15, -0.1) is 0 Å². The first-order valence-corrected chi connectivity index (χ1v) is 6.30. The Hall–Kier alpha value is -1.04. The summed E-state index contributed by atoms with van der Waals surface area (Å²) >= 11 is 5.90. The van der Waals surface area contributed by atoms with E-state index in [9.17, 15) is 0 Å². The first-order valence-electron chi connectivity index (χ1n) is 5.93. The van der Waals surface area contributed by atoms with E-state index in [4.69, 9.17) is 27.2 Å². The largest absolute Gasteiger partial charge is 0.399 e. The molecule has 0 aromatic carbocycles. The zero-order valence-electron chi connectivity index (χ0n) is 10.8. The van der Waals surface area contributed by atoms with E-state index in [0.717, 1.165) is 5.82 Å². The topological polar surface area (TPSA) is 71.6 Å². The van der Waals surface area contributed by atoms with Crippen LogP contribution in [0.5, 0.6) is 0 Å². The Morgan fingerprint density at radius 1 is 1.44 bits per heavy atom. The van der Waals surface area contributed by atoms with Crippen LogP contribution in [0.3, 0.4) is 0 Å². The summed E-state index contributed by atoms with van der Waals surface area (Å²) in [5, 5.41) is 9.03. The Kier molecular flexibility index (Phi) is 6.18. The summed E-state index contributed by atoms with van der Waals surface area (Å²) in [6, 6.07) is 3.66. The highest BCUT2D eigenvalue weighted by atomic mass is 35.5. The molecule has 0 saturated heterocycles. The second-order valence-electron chi connectivity index (χ2n) is 4.20. The van der Waals surface area contributed by atoms with Gasteiger partial charge in [-0.2, -0.15) is 0 Å². The van der Waals surface area contributed by atoms with E-state index in [2.05, 4.69) is 23.7 Å². The molecular weight excluding hydrogens is 254 g/mol. The lowest BCUT2D eigenvalue weighted by molar-refractivity contribution is 0.0960. The van der Waals surface area contributed by atoms with Crippen LogP contribution >= 0.6 is 11.6 Å². The highest BCUT2D eigenvalue weighted by Crippen LogP contribution is 2.21. The number of aromatic nitrogens is 1. The van der Waals surface area contributed by atoms with Crippen LogP contribution in [-0.2, 0) is 4.74 Å². The summed E-state index contributed by atoms with van der Waals surface area (Å²) in [6.45, 7) is 5.69. The van der Waals surface area contributed by atoms with Crippen LogP contribution in [-0.4, -0.2) is 42.5 Å². The van der Waals surface area contributed by atoms with Crippen molar-refractivity contribution < 1.29 is 9.84 Å². The quantitative estimate of drug-likeness (QED) is 0.582. The molecule has 1 rings (SSSR count). The molecule has 1 aromatic rings. The summed E-state index contributed by atoms with van der Waals surface area (Å²) < 4.78 is 5.26. The molecule has 0 saturated carbocycles. The number of halogens is 1. The molecule has 3 N–H and O–H groups in total. The van der Waals surface area contributed by atoms with Gasteiger partial charge in [-0.25, -0.2) is 4.98 Å². The lowest BCUT2D eigenvalue weighted by Crippen LogP contribution is -2.34. The molecule has 0 aliphatic rings. The van der Waals surface area contributed by atoms with Gasteiger partial charge in [0.25, 0.3) is 0 Å². The number of rotatable bonds is 7. The molecule has 1 heterocycles. The van der Waals surface area contributed by atoms with E-state index in [1.54, 1.807) is 12.1 Å². The van der Waals surface area contributed by atoms with Crippen molar-refractivity contribution in [1.82, 2.24) is 4.98 Å². The molecule has 0 radical (unpaired) electrons. The molecule has 0 unspecified atom stereocenters. The second kappa shape index (κ2) is 7.41. The maximum absolute atomic E-state index is 8.65. The number of pyridine rings is 1. The van der Waals surface area contributed by atoms with Gasteiger partial charge in [-0.3, -0.25) is 0 Å². The Labute approximate surface area is 113 Å². The van der Waals surface area contributed by atoms with E-state index in [1.807, 2.05) is 0 Å². The molecule has 0 bridgehead atoms. The van der Waals surface area contributed by atoms with Crippen molar-refractivity contribution in [3.63, 3.8) is 0 Å².